The average molecular weight is 410 g/mol. The number of carbonyl (C=O) groups is 1. The van der Waals surface area contributed by atoms with E-state index in [1.807, 2.05) is 11.0 Å². The van der Waals surface area contributed by atoms with E-state index in [4.69, 9.17) is 4.74 Å². The Balaban J connectivity index is 0.00000169. The number of halogens is 3. The molecule has 2 aliphatic heterocycles. The van der Waals surface area contributed by atoms with Gasteiger partial charge in [0.15, 0.2) is 11.6 Å². The van der Waals surface area contributed by atoms with E-state index in [-0.39, 0.29) is 48.3 Å². The molecule has 6 nitrogen and oxygen atoms in total. The summed E-state index contributed by atoms with van der Waals surface area (Å²) < 4.78 is 18.7. The zero-order valence-electron chi connectivity index (χ0n) is 14.7. The molecule has 2 saturated heterocycles. The predicted octanol–water partition coefficient (Wildman–Crippen LogP) is 1.04. The Morgan fingerprint density at radius 3 is 2.54 bits per heavy atom. The topological polar surface area (TPSA) is 65.0 Å². The molecule has 26 heavy (non-hydrogen) atoms. The summed E-state index contributed by atoms with van der Waals surface area (Å²) in [5.41, 5.74) is 0.897. The number of nitrogens with one attached hydrogen (secondary N) is 1. The van der Waals surface area contributed by atoms with Crippen molar-refractivity contribution in [2.75, 3.05) is 39.8 Å². The van der Waals surface area contributed by atoms with Crippen molar-refractivity contribution in [1.82, 2.24) is 15.1 Å². The highest BCUT2D eigenvalue weighted by atomic mass is 35.5. The van der Waals surface area contributed by atoms with E-state index in [0.29, 0.717) is 32.6 Å². The number of nitrogens with zero attached hydrogens (tertiary/aromatic N) is 2. The van der Waals surface area contributed by atoms with E-state index in [0.717, 1.165) is 18.7 Å². The SMILES string of the molecule is COc1ccc(CN2CCN(C(=O)C3CC(O)CN3)CC2)cc1F.Cl.Cl. The highest BCUT2D eigenvalue weighted by molar-refractivity contribution is 5.85. The Morgan fingerprint density at radius 1 is 1.31 bits per heavy atom. The molecule has 148 valence electrons. The van der Waals surface area contributed by atoms with Gasteiger partial charge in [0.05, 0.1) is 19.3 Å². The van der Waals surface area contributed by atoms with Gasteiger partial charge < -0.3 is 20.1 Å². The molecule has 0 aromatic heterocycles. The van der Waals surface area contributed by atoms with Crippen LogP contribution in [0.25, 0.3) is 0 Å². The number of methoxy groups -OCH3 is 1. The fourth-order valence-electron chi connectivity index (χ4n) is 3.32. The van der Waals surface area contributed by atoms with Crippen LogP contribution in [0.15, 0.2) is 18.2 Å². The molecule has 2 aliphatic rings. The standard InChI is InChI=1S/C17H24FN3O3.2ClH/c1-24-16-3-2-12(8-14(16)18)11-20-4-6-21(7-5-20)17(23)15-9-13(22)10-19-15;;/h2-3,8,13,15,19,22H,4-7,9-11H2,1H3;2*1H. The molecular formula is C17H26Cl2FN3O3. The summed E-state index contributed by atoms with van der Waals surface area (Å²) in [6, 6.07) is 4.74. The lowest BCUT2D eigenvalue weighted by Crippen LogP contribution is -2.52. The largest absolute Gasteiger partial charge is 0.494 e. The second-order valence-electron chi connectivity index (χ2n) is 6.42. The Morgan fingerprint density at radius 2 is 2.00 bits per heavy atom. The Kier molecular flexibility index (Phi) is 9.06. The number of aliphatic hydroxyl groups excluding tert-OH is 1. The number of hydrogen-bond donors (Lipinski definition) is 2. The minimum Gasteiger partial charge on any atom is -0.494 e. The van der Waals surface area contributed by atoms with Gasteiger partial charge in [0.25, 0.3) is 0 Å². The minimum absolute atomic E-state index is 0. The molecule has 2 atom stereocenters. The zero-order chi connectivity index (χ0) is 17.1. The van der Waals surface area contributed by atoms with E-state index >= 15 is 0 Å². The first-order valence-corrected chi connectivity index (χ1v) is 8.32. The fourth-order valence-corrected chi connectivity index (χ4v) is 3.32. The van der Waals surface area contributed by atoms with Gasteiger partial charge in [0, 0.05) is 39.3 Å². The highest BCUT2D eigenvalue weighted by Gasteiger charge is 2.32. The van der Waals surface area contributed by atoms with Gasteiger partial charge in [-0.05, 0) is 24.1 Å². The van der Waals surface area contributed by atoms with Gasteiger partial charge in [0.1, 0.15) is 0 Å². The molecular weight excluding hydrogens is 384 g/mol. The van der Waals surface area contributed by atoms with Crippen molar-refractivity contribution in [1.29, 1.82) is 0 Å². The Bertz CT molecular complexity index is 601. The number of amides is 1. The number of aliphatic hydroxyl groups is 1. The lowest BCUT2D eigenvalue weighted by atomic mass is 10.1. The second-order valence-corrected chi connectivity index (χ2v) is 6.42. The van der Waals surface area contributed by atoms with E-state index in [1.54, 1.807) is 6.07 Å². The molecule has 2 fully saturated rings. The van der Waals surface area contributed by atoms with Crippen LogP contribution in [0.3, 0.4) is 0 Å². The number of rotatable bonds is 4. The van der Waals surface area contributed by atoms with Gasteiger partial charge in [-0.25, -0.2) is 4.39 Å². The van der Waals surface area contributed by atoms with Crippen molar-refractivity contribution in [3.8, 4) is 5.75 Å². The van der Waals surface area contributed by atoms with Crippen LogP contribution in [0.5, 0.6) is 5.75 Å². The van der Waals surface area contributed by atoms with Crippen molar-refractivity contribution >= 4 is 30.7 Å². The molecule has 2 N–H and O–H groups in total. The molecule has 2 heterocycles. The summed E-state index contributed by atoms with van der Waals surface area (Å²) in [5, 5.41) is 12.6. The number of benzene rings is 1. The molecule has 2 unspecified atom stereocenters. The van der Waals surface area contributed by atoms with Crippen LogP contribution in [-0.2, 0) is 11.3 Å². The quantitative estimate of drug-likeness (QED) is 0.777. The van der Waals surface area contributed by atoms with E-state index in [1.165, 1.54) is 13.2 Å². The second kappa shape index (κ2) is 10.3. The Labute approximate surface area is 165 Å². The van der Waals surface area contributed by atoms with E-state index in [2.05, 4.69) is 10.2 Å². The van der Waals surface area contributed by atoms with Gasteiger partial charge in [0.2, 0.25) is 5.91 Å². The van der Waals surface area contributed by atoms with Crippen LogP contribution in [0.2, 0.25) is 0 Å². The lowest BCUT2D eigenvalue weighted by molar-refractivity contribution is -0.135. The molecule has 9 heteroatoms. The maximum atomic E-state index is 13.8. The third kappa shape index (κ3) is 5.44. The monoisotopic (exact) mass is 409 g/mol. The van der Waals surface area contributed by atoms with Crippen LogP contribution in [0.4, 0.5) is 4.39 Å². The summed E-state index contributed by atoms with van der Waals surface area (Å²) in [6.07, 6.45) is 0.0645. The summed E-state index contributed by atoms with van der Waals surface area (Å²) in [5.74, 6) is -0.0308. The molecule has 0 bridgehead atoms. The molecule has 0 saturated carbocycles. The van der Waals surface area contributed by atoms with Crippen molar-refractivity contribution in [2.45, 2.75) is 25.1 Å². The first-order chi connectivity index (χ1) is 11.6. The maximum absolute atomic E-state index is 13.8. The molecule has 0 radical (unpaired) electrons. The normalized spacial score (nSPS) is 23.1. The lowest BCUT2D eigenvalue weighted by Gasteiger charge is -2.36. The predicted molar refractivity (Wildman–Crippen MR) is 102 cm³/mol. The van der Waals surface area contributed by atoms with Gasteiger partial charge in [-0.2, -0.15) is 0 Å². The van der Waals surface area contributed by atoms with Crippen molar-refractivity contribution < 1.29 is 19.0 Å². The number of ether oxygens (including phenoxy) is 1. The summed E-state index contributed by atoms with van der Waals surface area (Å²) >= 11 is 0. The summed E-state index contributed by atoms with van der Waals surface area (Å²) in [4.78, 5) is 16.5. The summed E-state index contributed by atoms with van der Waals surface area (Å²) in [6.45, 7) is 3.98. The molecule has 1 amide bonds. The van der Waals surface area contributed by atoms with Crippen LogP contribution >= 0.6 is 24.8 Å². The number of β-amino-alcohol motifs (C(OH)–C–C–N with tert-alkyl or cyclic N) is 1. The van der Waals surface area contributed by atoms with Crippen LogP contribution < -0.4 is 10.1 Å². The van der Waals surface area contributed by atoms with Crippen LogP contribution in [0.1, 0.15) is 12.0 Å². The van der Waals surface area contributed by atoms with Crippen molar-refractivity contribution in [2.24, 2.45) is 0 Å². The molecule has 1 aromatic rings. The third-order valence-corrected chi connectivity index (χ3v) is 4.71. The van der Waals surface area contributed by atoms with Crippen LogP contribution in [0, 0.1) is 5.82 Å². The Hall–Kier alpha value is -1.12. The minimum atomic E-state index is -0.426. The first kappa shape index (κ1) is 22.9. The van der Waals surface area contributed by atoms with Crippen LogP contribution in [-0.4, -0.2) is 72.8 Å². The number of carbonyl (C=O) groups excluding carboxylic acids is 1. The maximum Gasteiger partial charge on any atom is 0.239 e. The average Bonchev–Trinajstić information content (AvgIpc) is 3.02. The molecule has 3 rings (SSSR count). The van der Waals surface area contributed by atoms with Crippen molar-refractivity contribution in [3.63, 3.8) is 0 Å². The third-order valence-electron chi connectivity index (χ3n) is 4.71. The number of hydrogen-bond acceptors (Lipinski definition) is 5. The van der Waals surface area contributed by atoms with Gasteiger partial charge in [-0.1, -0.05) is 6.07 Å². The smallest absolute Gasteiger partial charge is 0.239 e. The number of piperazine rings is 1. The summed E-state index contributed by atoms with van der Waals surface area (Å²) in [7, 11) is 1.45. The highest BCUT2D eigenvalue weighted by Crippen LogP contribution is 2.19. The van der Waals surface area contributed by atoms with E-state index in [9.17, 15) is 14.3 Å². The molecule has 0 spiro atoms. The van der Waals surface area contributed by atoms with Gasteiger partial charge in [-0.15, -0.1) is 24.8 Å². The zero-order valence-corrected chi connectivity index (χ0v) is 16.3. The van der Waals surface area contributed by atoms with Gasteiger partial charge >= 0.3 is 0 Å². The molecule has 1 aromatic carbocycles. The van der Waals surface area contributed by atoms with E-state index < -0.39 is 6.10 Å². The fraction of sp³-hybridized carbons (Fsp3) is 0.588. The first-order valence-electron chi connectivity index (χ1n) is 8.32. The van der Waals surface area contributed by atoms with Gasteiger partial charge in [-0.3, -0.25) is 9.69 Å². The molecule has 0 aliphatic carbocycles. The van der Waals surface area contributed by atoms with Crippen molar-refractivity contribution in [3.05, 3.63) is 29.6 Å².